The van der Waals surface area contributed by atoms with Crippen molar-refractivity contribution in [3.05, 3.63) is 0 Å². The Morgan fingerprint density at radius 1 is 1.22 bits per heavy atom. The molecule has 0 radical (unpaired) electrons. The lowest BCUT2D eigenvalue weighted by molar-refractivity contribution is 0.0527. The molecule has 132 valence electrons. The van der Waals surface area contributed by atoms with E-state index >= 15 is 0 Å². The number of carbonyl (C=O) groups excluding carboxylic acids is 1. The summed E-state index contributed by atoms with van der Waals surface area (Å²) in [5.74, 6) is 0.992. The van der Waals surface area contributed by atoms with Crippen LogP contribution in [-0.4, -0.2) is 55.8 Å². The molecule has 1 heterocycles. The molecule has 6 nitrogen and oxygen atoms in total. The monoisotopic (exact) mass is 324 g/mol. The number of nitrogens with one attached hydrogen (secondary N) is 2. The number of likely N-dealkylation sites (tertiary alicyclic amines) is 1. The molecule has 2 rings (SSSR count). The van der Waals surface area contributed by atoms with Crippen molar-refractivity contribution < 1.29 is 9.53 Å². The predicted octanol–water partition coefficient (Wildman–Crippen LogP) is 2.35. The Kier molecular flexibility index (Phi) is 5.76. The van der Waals surface area contributed by atoms with E-state index in [0.717, 1.165) is 32.0 Å². The number of alkyl carbamates (subject to hydrolysis) is 1. The largest absolute Gasteiger partial charge is 0.444 e. The van der Waals surface area contributed by atoms with Crippen molar-refractivity contribution in [2.24, 2.45) is 10.4 Å². The molecule has 1 amide bonds. The van der Waals surface area contributed by atoms with Gasteiger partial charge in [-0.2, -0.15) is 0 Å². The van der Waals surface area contributed by atoms with E-state index in [-0.39, 0.29) is 6.09 Å². The van der Waals surface area contributed by atoms with Crippen LogP contribution in [0, 0.1) is 5.41 Å². The van der Waals surface area contributed by atoms with Gasteiger partial charge in [0.05, 0.1) is 0 Å². The number of nitrogens with zero attached hydrogens (tertiary/aromatic N) is 2. The smallest absolute Gasteiger partial charge is 0.407 e. The minimum absolute atomic E-state index is 0.353. The average Bonchev–Trinajstić information content (AvgIpc) is 2.86. The highest BCUT2D eigenvalue weighted by Crippen LogP contribution is 2.47. The van der Waals surface area contributed by atoms with Crippen molar-refractivity contribution in [1.29, 1.82) is 0 Å². The number of rotatable bonds is 4. The molecule has 2 aliphatic rings. The van der Waals surface area contributed by atoms with Gasteiger partial charge < -0.3 is 20.3 Å². The van der Waals surface area contributed by atoms with Crippen molar-refractivity contribution >= 4 is 12.1 Å². The normalized spacial score (nSPS) is 20.3. The molecule has 0 unspecified atom stereocenters. The van der Waals surface area contributed by atoms with E-state index in [1.165, 1.54) is 25.7 Å². The van der Waals surface area contributed by atoms with Gasteiger partial charge in [0.25, 0.3) is 0 Å². The molecule has 1 spiro atoms. The van der Waals surface area contributed by atoms with Crippen molar-refractivity contribution in [3.63, 3.8) is 0 Å². The van der Waals surface area contributed by atoms with E-state index in [4.69, 9.17) is 4.74 Å². The highest BCUT2D eigenvalue weighted by atomic mass is 16.6. The Morgan fingerprint density at radius 2 is 1.91 bits per heavy atom. The second-order valence-corrected chi connectivity index (χ2v) is 7.78. The molecule has 0 atom stereocenters. The second kappa shape index (κ2) is 7.41. The average molecular weight is 324 g/mol. The molecule has 0 bridgehead atoms. The van der Waals surface area contributed by atoms with Gasteiger partial charge >= 0.3 is 6.09 Å². The molecule has 1 aliphatic carbocycles. The van der Waals surface area contributed by atoms with Crippen LogP contribution in [0.4, 0.5) is 4.79 Å². The van der Waals surface area contributed by atoms with Gasteiger partial charge in [0, 0.05) is 33.2 Å². The summed E-state index contributed by atoms with van der Waals surface area (Å²) in [7, 11) is 1.84. The van der Waals surface area contributed by atoms with E-state index in [1.54, 1.807) is 0 Å². The van der Waals surface area contributed by atoms with Crippen molar-refractivity contribution in [2.75, 3.05) is 33.2 Å². The first-order valence-corrected chi connectivity index (χ1v) is 8.76. The van der Waals surface area contributed by atoms with Crippen molar-refractivity contribution in [1.82, 2.24) is 15.5 Å². The van der Waals surface area contributed by atoms with Crippen LogP contribution < -0.4 is 10.6 Å². The van der Waals surface area contributed by atoms with Gasteiger partial charge in [-0.3, -0.25) is 4.99 Å². The third-order valence-corrected chi connectivity index (χ3v) is 4.67. The summed E-state index contributed by atoms with van der Waals surface area (Å²) >= 11 is 0. The topological polar surface area (TPSA) is 66.0 Å². The number of hydrogen-bond acceptors (Lipinski definition) is 3. The molecule has 0 aromatic rings. The maximum atomic E-state index is 11.5. The van der Waals surface area contributed by atoms with Crippen LogP contribution in [0.1, 0.15) is 52.9 Å². The Balaban J connectivity index is 1.60. The minimum atomic E-state index is -0.447. The van der Waals surface area contributed by atoms with Crippen LogP contribution in [0.2, 0.25) is 0 Å². The van der Waals surface area contributed by atoms with Crippen LogP contribution in [0.3, 0.4) is 0 Å². The SMILES string of the molecule is CN=C(NCCCNC(=O)OC(C)(C)C)N1CCC2(CCC2)C1. The van der Waals surface area contributed by atoms with Crippen LogP contribution in [-0.2, 0) is 4.74 Å². The zero-order valence-corrected chi connectivity index (χ0v) is 15.1. The summed E-state index contributed by atoms with van der Waals surface area (Å²) in [6, 6.07) is 0. The summed E-state index contributed by atoms with van der Waals surface area (Å²) in [6.45, 7) is 9.24. The zero-order valence-electron chi connectivity index (χ0n) is 15.1. The van der Waals surface area contributed by atoms with E-state index in [9.17, 15) is 4.79 Å². The molecular formula is C17H32N4O2. The number of aliphatic imine (C=N–C) groups is 1. The Labute approximate surface area is 140 Å². The summed E-state index contributed by atoms with van der Waals surface area (Å²) in [4.78, 5) is 18.3. The summed E-state index contributed by atoms with van der Waals surface area (Å²) in [6.07, 6.45) is 5.93. The van der Waals surface area contributed by atoms with E-state index < -0.39 is 5.60 Å². The maximum Gasteiger partial charge on any atom is 0.407 e. The molecular weight excluding hydrogens is 292 g/mol. The first-order valence-electron chi connectivity index (χ1n) is 8.76. The molecule has 2 fully saturated rings. The molecule has 2 N–H and O–H groups in total. The molecule has 6 heteroatoms. The zero-order chi connectivity index (χ0) is 16.9. The van der Waals surface area contributed by atoms with Crippen LogP contribution in [0.15, 0.2) is 4.99 Å². The lowest BCUT2D eigenvalue weighted by Gasteiger charge is -2.38. The lowest BCUT2D eigenvalue weighted by Crippen LogP contribution is -2.43. The quantitative estimate of drug-likeness (QED) is 0.473. The molecule has 1 saturated heterocycles. The molecule has 0 aromatic heterocycles. The van der Waals surface area contributed by atoms with Gasteiger partial charge in [0.2, 0.25) is 0 Å². The number of amides is 1. The van der Waals surface area contributed by atoms with Crippen LogP contribution in [0.25, 0.3) is 0 Å². The number of ether oxygens (including phenoxy) is 1. The maximum absolute atomic E-state index is 11.5. The molecule has 1 saturated carbocycles. The van der Waals surface area contributed by atoms with Gasteiger partial charge in [-0.05, 0) is 51.9 Å². The fraction of sp³-hybridized carbons (Fsp3) is 0.882. The van der Waals surface area contributed by atoms with Gasteiger partial charge in [0.1, 0.15) is 5.60 Å². The highest BCUT2D eigenvalue weighted by Gasteiger charge is 2.43. The van der Waals surface area contributed by atoms with Crippen LogP contribution >= 0.6 is 0 Å². The Morgan fingerprint density at radius 3 is 2.43 bits per heavy atom. The van der Waals surface area contributed by atoms with E-state index in [1.807, 2.05) is 27.8 Å². The fourth-order valence-electron chi connectivity index (χ4n) is 3.33. The highest BCUT2D eigenvalue weighted by molar-refractivity contribution is 5.80. The summed E-state index contributed by atoms with van der Waals surface area (Å²) < 4.78 is 5.21. The Hall–Kier alpha value is -1.46. The van der Waals surface area contributed by atoms with Crippen LogP contribution in [0.5, 0.6) is 0 Å². The van der Waals surface area contributed by atoms with Gasteiger partial charge in [0.15, 0.2) is 5.96 Å². The Bertz CT molecular complexity index is 438. The van der Waals surface area contributed by atoms with Gasteiger partial charge in [-0.15, -0.1) is 0 Å². The molecule has 23 heavy (non-hydrogen) atoms. The third kappa shape index (κ3) is 5.29. The van der Waals surface area contributed by atoms with E-state index in [2.05, 4.69) is 20.5 Å². The molecule has 0 aromatic carbocycles. The summed E-state index contributed by atoms with van der Waals surface area (Å²) in [5.41, 5.74) is 0.132. The first kappa shape index (κ1) is 17.9. The predicted molar refractivity (Wildman–Crippen MR) is 92.7 cm³/mol. The number of hydrogen-bond donors (Lipinski definition) is 2. The number of guanidine groups is 1. The van der Waals surface area contributed by atoms with Crippen molar-refractivity contribution in [2.45, 2.75) is 58.5 Å². The van der Waals surface area contributed by atoms with Gasteiger partial charge in [-0.1, -0.05) is 6.42 Å². The lowest BCUT2D eigenvalue weighted by atomic mass is 9.68. The minimum Gasteiger partial charge on any atom is -0.444 e. The third-order valence-electron chi connectivity index (χ3n) is 4.67. The van der Waals surface area contributed by atoms with Crippen molar-refractivity contribution in [3.8, 4) is 0 Å². The molecule has 1 aliphatic heterocycles. The summed E-state index contributed by atoms with van der Waals surface area (Å²) in [5, 5.41) is 6.18. The number of carbonyl (C=O) groups is 1. The fourth-order valence-corrected chi connectivity index (χ4v) is 3.33. The standard InChI is InChI=1S/C17H32N4O2/c1-16(2,3)23-15(22)20-11-6-10-19-14(18-4)21-12-9-17(13-21)7-5-8-17/h5-13H2,1-4H3,(H,18,19)(H,20,22). The van der Waals surface area contributed by atoms with E-state index in [0.29, 0.717) is 12.0 Å². The second-order valence-electron chi connectivity index (χ2n) is 7.78. The van der Waals surface area contributed by atoms with Gasteiger partial charge in [-0.25, -0.2) is 4.79 Å². The first-order chi connectivity index (χ1) is 10.8.